The van der Waals surface area contributed by atoms with Gasteiger partial charge in [-0.15, -0.1) is 11.8 Å². The number of aromatic nitrogens is 1. The Balaban J connectivity index is 1.96. The van der Waals surface area contributed by atoms with E-state index in [0.29, 0.717) is 5.56 Å². The normalized spacial score (nSPS) is 11.2. The van der Waals surface area contributed by atoms with Crippen molar-refractivity contribution >= 4 is 36.1 Å². The maximum atomic E-state index is 9.63. The Hall–Kier alpha value is -3.09. The number of benzene rings is 2. The van der Waals surface area contributed by atoms with Crippen LogP contribution in [-0.4, -0.2) is 11.2 Å². The first kappa shape index (κ1) is 19.7. The molecule has 2 aromatic carbocycles. The predicted octanol–water partition coefficient (Wildman–Crippen LogP) is 6.63. The molecule has 0 unspecified atom stereocenters. The Morgan fingerprint density at radius 2 is 1.36 bits per heavy atom. The van der Waals surface area contributed by atoms with Crippen LogP contribution in [0.2, 0.25) is 0 Å². The van der Waals surface area contributed by atoms with Crippen molar-refractivity contribution < 1.29 is 0 Å². The number of rotatable bonds is 5. The maximum absolute atomic E-state index is 9.63. The van der Waals surface area contributed by atoms with Crippen LogP contribution in [0.5, 0.6) is 0 Å². The molecular formula is C25H22N2S. The lowest BCUT2D eigenvalue weighted by Crippen LogP contribution is -1.94. The number of hydrogen-bond acceptors (Lipinski definition) is 3. The molecule has 0 aliphatic heterocycles. The summed E-state index contributed by atoms with van der Waals surface area (Å²) in [5.41, 5.74) is 7.03. The van der Waals surface area contributed by atoms with Crippen molar-refractivity contribution in [2.24, 2.45) is 0 Å². The van der Waals surface area contributed by atoms with Gasteiger partial charge in [-0.1, -0.05) is 77.9 Å². The van der Waals surface area contributed by atoms with Crippen molar-refractivity contribution in [3.8, 4) is 6.07 Å². The molecule has 0 aliphatic carbocycles. The number of thioether (sulfide) groups is 1. The van der Waals surface area contributed by atoms with Crippen molar-refractivity contribution in [3.05, 3.63) is 93.7 Å². The highest BCUT2D eigenvalue weighted by atomic mass is 32.2. The smallest absolute Gasteiger partial charge is 0.115 e. The van der Waals surface area contributed by atoms with E-state index in [-0.39, 0.29) is 0 Å². The Bertz CT molecular complexity index is 1050. The number of nitrogens with zero attached hydrogens (tertiary/aromatic N) is 2. The molecule has 3 aromatic rings. The number of pyridine rings is 1. The molecule has 0 atom stereocenters. The molecule has 2 nitrogen and oxygen atoms in total. The Kier molecular flexibility index (Phi) is 6.47. The second-order valence-electron chi connectivity index (χ2n) is 6.62. The maximum Gasteiger partial charge on any atom is 0.115 e. The Labute approximate surface area is 171 Å². The van der Waals surface area contributed by atoms with E-state index < -0.39 is 0 Å². The van der Waals surface area contributed by atoms with Gasteiger partial charge in [-0.3, -0.25) is 0 Å². The van der Waals surface area contributed by atoms with Crippen molar-refractivity contribution in [1.29, 1.82) is 5.26 Å². The molecule has 28 heavy (non-hydrogen) atoms. The second kappa shape index (κ2) is 9.21. The van der Waals surface area contributed by atoms with E-state index >= 15 is 0 Å². The van der Waals surface area contributed by atoms with Crippen LogP contribution in [-0.2, 0) is 0 Å². The summed E-state index contributed by atoms with van der Waals surface area (Å²) >= 11 is 1.49. The summed E-state index contributed by atoms with van der Waals surface area (Å²) in [5, 5.41) is 10.4. The summed E-state index contributed by atoms with van der Waals surface area (Å²) in [4.78, 5) is 4.64. The van der Waals surface area contributed by atoms with Gasteiger partial charge in [0.1, 0.15) is 11.1 Å². The van der Waals surface area contributed by atoms with Crippen LogP contribution in [0.15, 0.2) is 59.6 Å². The van der Waals surface area contributed by atoms with Crippen LogP contribution in [0, 0.1) is 25.2 Å². The Morgan fingerprint density at radius 3 is 1.86 bits per heavy atom. The third-order valence-corrected chi connectivity index (χ3v) is 5.08. The summed E-state index contributed by atoms with van der Waals surface area (Å²) in [6.07, 6.45) is 10.0. The van der Waals surface area contributed by atoms with E-state index in [2.05, 4.69) is 73.4 Å². The lowest BCUT2D eigenvalue weighted by atomic mass is 10.1. The van der Waals surface area contributed by atoms with Gasteiger partial charge in [0.2, 0.25) is 0 Å². The monoisotopic (exact) mass is 382 g/mol. The van der Waals surface area contributed by atoms with E-state index in [1.807, 2.05) is 36.6 Å². The zero-order chi connectivity index (χ0) is 19.9. The molecule has 0 fully saturated rings. The van der Waals surface area contributed by atoms with Crippen LogP contribution in [0.4, 0.5) is 0 Å². The van der Waals surface area contributed by atoms with Crippen LogP contribution in [0.1, 0.15) is 39.1 Å². The van der Waals surface area contributed by atoms with Crippen LogP contribution in [0.25, 0.3) is 24.3 Å². The molecule has 0 bridgehead atoms. The summed E-state index contributed by atoms with van der Waals surface area (Å²) in [5.74, 6) is 0. The quantitative estimate of drug-likeness (QED) is 0.465. The number of nitriles is 1. The molecule has 3 rings (SSSR count). The summed E-state index contributed by atoms with van der Waals surface area (Å²) in [6.45, 7) is 4.15. The van der Waals surface area contributed by atoms with Crippen molar-refractivity contribution in [2.75, 3.05) is 6.26 Å². The summed E-state index contributed by atoms with van der Waals surface area (Å²) < 4.78 is 0. The molecule has 0 aliphatic rings. The molecule has 0 spiro atoms. The van der Waals surface area contributed by atoms with E-state index in [1.54, 1.807) is 0 Å². The first-order valence-corrected chi connectivity index (χ1v) is 10.3. The SMILES string of the molecule is CSc1nc(C=Cc2ccc(C)cc2)cc(C=Cc2ccc(C)cc2)c1C#N. The lowest BCUT2D eigenvalue weighted by Gasteiger charge is -2.06. The minimum Gasteiger partial charge on any atom is -0.241 e. The van der Waals surface area contributed by atoms with Gasteiger partial charge in [0.05, 0.1) is 11.3 Å². The van der Waals surface area contributed by atoms with Gasteiger partial charge < -0.3 is 0 Å². The molecule has 0 radical (unpaired) electrons. The van der Waals surface area contributed by atoms with Gasteiger partial charge in [0.25, 0.3) is 0 Å². The molecule has 0 saturated heterocycles. The third kappa shape index (κ3) is 5.00. The van der Waals surface area contributed by atoms with E-state index in [0.717, 1.165) is 27.4 Å². The molecule has 3 heteroatoms. The molecule has 1 aromatic heterocycles. The molecule has 138 valence electrons. The Morgan fingerprint density at radius 1 is 0.821 bits per heavy atom. The highest BCUT2D eigenvalue weighted by Gasteiger charge is 2.09. The average Bonchev–Trinajstić information content (AvgIpc) is 2.72. The fourth-order valence-corrected chi connectivity index (χ4v) is 3.32. The zero-order valence-corrected chi connectivity index (χ0v) is 17.1. The number of aryl methyl sites for hydroxylation is 2. The highest BCUT2D eigenvalue weighted by molar-refractivity contribution is 7.98. The predicted molar refractivity (Wildman–Crippen MR) is 121 cm³/mol. The fourth-order valence-electron chi connectivity index (χ4n) is 2.76. The van der Waals surface area contributed by atoms with Crippen molar-refractivity contribution in [3.63, 3.8) is 0 Å². The third-order valence-electron chi connectivity index (χ3n) is 4.40. The highest BCUT2D eigenvalue weighted by Crippen LogP contribution is 2.25. The van der Waals surface area contributed by atoms with Gasteiger partial charge in [-0.2, -0.15) is 5.26 Å². The summed E-state index contributed by atoms with van der Waals surface area (Å²) in [6, 6.07) is 21.0. The van der Waals surface area contributed by atoms with Crippen LogP contribution < -0.4 is 0 Å². The second-order valence-corrected chi connectivity index (χ2v) is 7.42. The van der Waals surface area contributed by atoms with Gasteiger partial charge in [0, 0.05) is 0 Å². The minimum atomic E-state index is 0.614. The van der Waals surface area contributed by atoms with Crippen molar-refractivity contribution in [2.45, 2.75) is 18.9 Å². The molecular weight excluding hydrogens is 360 g/mol. The largest absolute Gasteiger partial charge is 0.241 e. The molecule has 1 heterocycles. The van der Waals surface area contributed by atoms with Gasteiger partial charge in [-0.25, -0.2) is 4.98 Å². The fraction of sp³-hybridized carbons (Fsp3) is 0.120. The van der Waals surface area contributed by atoms with Gasteiger partial charge in [-0.05, 0) is 48.9 Å². The zero-order valence-electron chi connectivity index (χ0n) is 16.3. The molecule has 0 amide bonds. The minimum absolute atomic E-state index is 0.614. The topological polar surface area (TPSA) is 36.7 Å². The van der Waals surface area contributed by atoms with Crippen LogP contribution in [0.3, 0.4) is 0 Å². The number of hydrogen-bond donors (Lipinski definition) is 0. The first-order chi connectivity index (χ1) is 13.6. The average molecular weight is 383 g/mol. The van der Waals surface area contributed by atoms with Crippen molar-refractivity contribution in [1.82, 2.24) is 4.98 Å². The van der Waals surface area contributed by atoms with Gasteiger partial charge >= 0.3 is 0 Å². The molecule has 0 saturated carbocycles. The first-order valence-electron chi connectivity index (χ1n) is 9.07. The van der Waals surface area contributed by atoms with E-state index in [1.165, 1.54) is 22.9 Å². The van der Waals surface area contributed by atoms with E-state index in [4.69, 9.17) is 0 Å². The molecule has 0 N–H and O–H groups in total. The summed E-state index contributed by atoms with van der Waals surface area (Å²) in [7, 11) is 0. The van der Waals surface area contributed by atoms with Gasteiger partial charge in [0.15, 0.2) is 0 Å². The lowest BCUT2D eigenvalue weighted by molar-refractivity contribution is 1.09. The van der Waals surface area contributed by atoms with E-state index in [9.17, 15) is 5.26 Å². The van der Waals surface area contributed by atoms with Crippen LogP contribution >= 0.6 is 11.8 Å². The standard InChI is InChI=1S/C25H22N2S/c1-18-4-8-20(9-5-18)12-14-22-16-23(27-25(28-3)24(22)17-26)15-13-21-10-6-19(2)7-11-21/h4-16H,1-3H3.